The Kier molecular flexibility index (Phi) is 12.0. The second kappa shape index (κ2) is 16.3. The van der Waals surface area contributed by atoms with Crippen molar-refractivity contribution in [2.24, 2.45) is 5.92 Å². The molecule has 3 fully saturated rings. The minimum Gasteiger partial charge on any atom is -0.484 e. The molecule has 5 atom stereocenters. The van der Waals surface area contributed by atoms with Gasteiger partial charge in [-0.3, -0.25) is 14.5 Å². The summed E-state index contributed by atoms with van der Waals surface area (Å²) in [5.74, 6) is 0.232. The number of ether oxygens (including phenoxy) is 4. The van der Waals surface area contributed by atoms with Crippen LogP contribution in [0.15, 0.2) is 54.6 Å². The van der Waals surface area contributed by atoms with E-state index in [-0.39, 0.29) is 44.0 Å². The van der Waals surface area contributed by atoms with Crippen molar-refractivity contribution in [2.75, 3.05) is 40.5 Å². The quantitative estimate of drug-likeness (QED) is 0.284. The standard InChI is InChI=1S/C33H45N3O9/c1-35(40-2)31(38)22-42-26-14-8-11-24(17-26)19-36(45-25-12-6-7-13-25)20-29(37)28(18-23-9-4-3-5-10-23)34-33(39)44-30-21-43-32-27(30)15-16-41-32/h3-5,8-11,14,17,25,27-30,32,37H,6-7,12-13,15-16,18-22H2,1-2H3,(H,34,39). The van der Waals surface area contributed by atoms with E-state index in [0.717, 1.165) is 48.3 Å². The van der Waals surface area contributed by atoms with Gasteiger partial charge in [0, 0.05) is 13.6 Å². The normalized spacial score (nSPS) is 22.6. The summed E-state index contributed by atoms with van der Waals surface area (Å²) in [7, 11) is 2.94. The highest BCUT2D eigenvalue weighted by molar-refractivity contribution is 5.76. The van der Waals surface area contributed by atoms with Crippen molar-refractivity contribution < 1.29 is 43.3 Å². The number of rotatable bonds is 15. The van der Waals surface area contributed by atoms with Crippen LogP contribution < -0.4 is 10.1 Å². The number of nitrogens with zero attached hydrogens (tertiary/aromatic N) is 2. The average Bonchev–Trinajstić information content (AvgIpc) is 3.81. The van der Waals surface area contributed by atoms with Crippen LogP contribution in [0.25, 0.3) is 0 Å². The zero-order chi connectivity index (χ0) is 31.6. The van der Waals surface area contributed by atoms with E-state index in [1.807, 2.05) is 48.5 Å². The number of alkyl carbamates (subject to hydrolysis) is 1. The van der Waals surface area contributed by atoms with Crippen LogP contribution in [0.2, 0.25) is 0 Å². The lowest BCUT2D eigenvalue weighted by Crippen LogP contribution is -2.50. The van der Waals surface area contributed by atoms with E-state index in [0.29, 0.717) is 25.3 Å². The number of hydrogen-bond acceptors (Lipinski definition) is 10. The Hall–Kier alpha value is -3.26. The average molecular weight is 628 g/mol. The Morgan fingerprint density at radius 1 is 1.04 bits per heavy atom. The van der Waals surface area contributed by atoms with Crippen LogP contribution in [-0.4, -0.2) is 98.4 Å². The molecule has 12 heteroatoms. The molecule has 12 nitrogen and oxygen atoms in total. The van der Waals surface area contributed by atoms with Gasteiger partial charge in [-0.1, -0.05) is 55.3 Å². The molecule has 0 aromatic heterocycles. The van der Waals surface area contributed by atoms with Crippen LogP contribution in [0.1, 0.15) is 43.2 Å². The smallest absolute Gasteiger partial charge is 0.407 e. The number of hydrogen-bond donors (Lipinski definition) is 2. The number of carbonyl (C=O) groups is 2. The number of amides is 2. The predicted molar refractivity (Wildman–Crippen MR) is 163 cm³/mol. The number of aliphatic hydroxyl groups is 1. The molecule has 2 N–H and O–H groups in total. The minimum absolute atomic E-state index is 0.0160. The number of carbonyl (C=O) groups excluding carboxylic acids is 2. The number of likely N-dealkylation sites (N-methyl/N-ethyl adjacent to an activating group) is 1. The first-order valence-electron chi connectivity index (χ1n) is 15.7. The molecule has 0 radical (unpaired) electrons. The fourth-order valence-corrected chi connectivity index (χ4v) is 5.98. The molecule has 2 aliphatic heterocycles. The van der Waals surface area contributed by atoms with Gasteiger partial charge in [0.05, 0.1) is 51.0 Å². The maximum atomic E-state index is 13.1. The van der Waals surface area contributed by atoms with Gasteiger partial charge in [0.2, 0.25) is 0 Å². The first-order chi connectivity index (χ1) is 21.9. The van der Waals surface area contributed by atoms with E-state index in [1.165, 1.54) is 14.2 Å². The molecule has 1 saturated carbocycles. The maximum Gasteiger partial charge on any atom is 0.407 e. The van der Waals surface area contributed by atoms with Crippen molar-refractivity contribution in [3.05, 3.63) is 65.7 Å². The molecular weight excluding hydrogens is 582 g/mol. The van der Waals surface area contributed by atoms with Gasteiger partial charge in [-0.05, 0) is 48.9 Å². The van der Waals surface area contributed by atoms with Crippen LogP contribution in [0, 0.1) is 5.92 Å². The molecule has 0 spiro atoms. The van der Waals surface area contributed by atoms with Crippen LogP contribution in [0.5, 0.6) is 5.75 Å². The molecule has 246 valence electrons. The molecule has 2 amide bonds. The van der Waals surface area contributed by atoms with Crippen LogP contribution >= 0.6 is 0 Å². The summed E-state index contributed by atoms with van der Waals surface area (Å²) in [6.45, 7) is 1.21. The van der Waals surface area contributed by atoms with E-state index in [2.05, 4.69) is 5.32 Å². The van der Waals surface area contributed by atoms with Gasteiger partial charge < -0.3 is 29.4 Å². The fraction of sp³-hybridized carbons (Fsp3) is 0.576. The highest BCUT2D eigenvalue weighted by Gasteiger charge is 2.44. The van der Waals surface area contributed by atoms with Crippen molar-refractivity contribution in [2.45, 2.75) is 75.7 Å². The topological polar surface area (TPSA) is 128 Å². The SMILES string of the molecule is CON(C)C(=O)COc1cccc(CN(CC(O)C(Cc2ccccc2)NC(=O)OC2COC3OCCC23)OC2CCCC2)c1. The Morgan fingerprint density at radius 3 is 2.60 bits per heavy atom. The highest BCUT2D eigenvalue weighted by Crippen LogP contribution is 2.33. The Morgan fingerprint density at radius 2 is 1.82 bits per heavy atom. The largest absolute Gasteiger partial charge is 0.484 e. The number of nitrogens with one attached hydrogen (secondary N) is 1. The lowest BCUT2D eigenvalue weighted by atomic mass is 10.0. The van der Waals surface area contributed by atoms with Gasteiger partial charge in [-0.2, -0.15) is 5.06 Å². The third-order valence-electron chi connectivity index (χ3n) is 8.55. The van der Waals surface area contributed by atoms with E-state index in [4.69, 9.17) is 28.6 Å². The van der Waals surface area contributed by atoms with Gasteiger partial charge in [0.15, 0.2) is 12.9 Å². The molecule has 0 bridgehead atoms. The van der Waals surface area contributed by atoms with Gasteiger partial charge in [-0.25, -0.2) is 9.86 Å². The number of fused-ring (bicyclic) bond motifs is 1. The summed E-state index contributed by atoms with van der Waals surface area (Å²) in [6, 6.07) is 16.5. The van der Waals surface area contributed by atoms with Crippen LogP contribution in [0.3, 0.4) is 0 Å². The number of benzene rings is 2. The molecule has 2 aromatic carbocycles. The third-order valence-corrected chi connectivity index (χ3v) is 8.55. The van der Waals surface area contributed by atoms with Crippen molar-refractivity contribution in [1.29, 1.82) is 0 Å². The summed E-state index contributed by atoms with van der Waals surface area (Å²) in [6.07, 6.45) is 2.99. The molecule has 3 aliphatic rings. The minimum atomic E-state index is -0.983. The zero-order valence-corrected chi connectivity index (χ0v) is 26.0. The van der Waals surface area contributed by atoms with Crippen molar-refractivity contribution in [3.63, 3.8) is 0 Å². The molecule has 2 saturated heterocycles. The fourth-order valence-electron chi connectivity index (χ4n) is 5.98. The Labute approximate surface area is 264 Å². The first-order valence-corrected chi connectivity index (χ1v) is 15.7. The molecule has 2 aromatic rings. The van der Waals surface area contributed by atoms with E-state index in [1.54, 1.807) is 11.1 Å². The highest BCUT2D eigenvalue weighted by atomic mass is 16.7. The molecule has 45 heavy (non-hydrogen) atoms. The molecule has 2 heterocycles. The maximum absolute atomic E-state index is 13.1. The lowest BCUT2D eigenvalue weighted by molar-refractivity contribution is -0.214. The number of aliphatic hydroxyl groups excluding tert-OH is 1. The molecule has 1 aliphatic carbocycles. The van der Waals surface area contributed by atoms with Crippen LogP contribution in [-0.2, 0) is 41.6 Å². The van der Waals surface area contributed by atoms with E-state index in [9.17, 15) is 14.7 Å². The third kappa shape index (κ3) is 9.62. The second-order valence-electron chi connectivity index (χ2n) is 11.8. The van der Waals surface area contributed by atoms with Gasteiger partial charge in [-0.15, -0.1) is 0 Å². The van der Waals surface area contributed by atoms with Gasteiger partial charge in [0.25, 0.3) is 5.91 Å². The summed E-state index contributed by atoms with van der Waals surface area (Å²) in [5, 5.41) is 17.4. The molecule has 5 rings (SSSR count). The van der Waals surface area contributed by atoms with Crippen molar-refractivity contribution in [1.82, 2.24) is 15.4 Å². The first kappa shape index (κ1) is 33.1. The second-order valence-corrected chi connectivity index (χ2v) is 11.8. The van der Waals surface area contributed by atoms with Crippen molar-refractivity contribution >= 4 is 12.0 Å². The predicted octanol–water partition coefficient (Wildman–Crippen LogP) is 3.22. The number of hydroxylamine groups is 4. The zero-order valence-electron chi connectivity index (χ0n) is 26.0. The monoisotopic (exact) mass is 627 g/mol. The molecule has 5 unspecified atom stereocenters. The lowest BCUT2D eigenvalue weighted by Gasteiger charge is -2.31. The van der Waals surface area contributed by atoms with Crippen molar-refractivity contribution in [3.8, 4) is 5.75 Å². The Balaban J connectivity index is 1.26. The summed E-state index contributed by atoms with van der Waals surface area (Å²) in [5.41, 5.74) is 1.85. The summed E-state index contributed by atoms with van der Waals surface area (Å²) >= 11 is 0. The molecular formula is C33H45N3O9. The van der Waals surface area contributed by atoms with E-state index < -0.39 is 24.3 Å². The summed E-state index contributed by atoms with van der Waals surface area (Å²) < 4.78 is 22.7. The van der Waals surface area contributed by atoms with E-state index >= 15 is 0 Å². The van der Waals surface area contributed by atoms with Gasteiger partial charge in [0.1, 0.15) is 11.9 Å². The Bertz CT molecular complexity index is 1230. The van der Waals surface area contributed by atoms with Gasteiger partial charge >= 0.3 is 6.09 Å². The van der Waals surface area contributed by atoms with Crippen LogP contribution in [0.4, 0.5) is 4.79 Å². The summed E-state index contributed by atoms with van der Waals surface area (Å²) in [4.78, 5) is 36.6.